The molecule has 0 saturated carbocycles. The maximum Gasteiger partial charge on any atom is 0.255 e. The Kier molecular flexibility index (Phi) is 6.35. The van der Waals surface area contributed by atoms with Crippen molar-refractivity contribution in [1.82, 2.24) is 15.0 Å². The van der Waals surface area contributed by atoms with Crippen molar-refractivity contribution in [2.75, 3.05) is 5.32 Å². The molecule has 0 spiro atoms. The highest BCUT2D eigenvalue weighted by atomic mass is 16.1. The Labute approximate surface area is 189 Å². The van der Waals surface area contributed by atoms with Crippen LogP contribution in [0.4, 0.5) is 5.69 Å². The number of hydrogen-bond acceptors (Lipinski definition) is 3. The second kappa shape index (κ2) is 9.35. The number of aromatic nitrogens is 3. The summed E-state index contributed by atoms with van der Waals surface area (Å²) in [5, 5.41) is 12.3. The average Bonchev–Trinajstić information content (AvgIpc) is 3.21. The molecule has 1 heterocycles. The molecule has 1 amide bonds. The number of benzene rings is 3. The summed E-state index contributed by atoms with van der Waals surface area (Å²) < 4.78 is 0. The molecule has 5 heteroatoms. The van der Waals surface area contributed by atoms with Gasteiger partial charge in [0.2, 0.25) is 0 Å². The number of aryl methyl sites for hydroxylation is 2. The van der Waals surface area contributed by atoms with E-state index in [2.05, 4.69) is 60.6 Å². The number of rotatable bonds is 7. The molecule has 1 aromatic heterocycles. The lowest BCUT2D eigenvalue weighted by molar-refractivity contribution is 0.102. The number of anilines is 1. The Morgan fingerprint density at radius 1 is 0.969 bits per heavy atom. The third-order valence-corrected chi connectivity index (χ3v) is 5.80. The van der Waals surface area contributed by atoms with Crippen LogP contribution in [0.15, 0.2) is 60.7 Å². The molecule has 1 N–H and O–H groups in total. The van der Waals surface area contributed by atoms with Gasteiger partial charge in [0, 0.05) is 11.3 Å². The minimum atomic E-state index is -0.127. The lowest BCUT2D eigenvalue weighted by atomic mass is 10.0. The van der Waals surface area contributed by atoms with Gasteiger partial charge in [-0.1, -0.05) is 51.5 Å². The van der Waals surface area contributed by atoms with Crippen LogP contribution in [0.3, 0.4) is 0 Å². The number of amides is 1. The summed E-state index contributed by atoms with van der Waals surface area (Å²) in [6.07, 6.45) is 3.47. The van der Waals surface area contributed by atoms with E-state index in [9.17, 15) is 4.79 Å². The van der Waals surface area contributed by atoms with Gasteiger partial charge < -0.3 is 5.32 Å². The number of carbonyl (C=O) groups is 1. The molecule has 32 heavy (non-hydrogen) atoms. The Bertz CT molecular complexity index is 1220. The van der Waals surface area contributed by atoms with Gasteiger partial charge in [-0.05, 0) is 78.8 Å². The third kappa shape index (κ3) is 4.72. The molecule has 0 radical (unpaired) electrons. The summed E-state index contributed by atoms with van der Waals surface area (Å²) in [6.45, 7) is 8.45. The second-order valence-electron chi connectivity index (χ2n) is 8.65. The van der Waals surface area contributed by atoms with Crippen LogP contribution in [-0.4, -0.2) is 20.9 Å². The molecule has 0 saturated heterocycles. The first-order valence-corrected chi connectivity index (χ1v) is 11.3. The minimum absolute atomic E-state index is 0.127. The van der Waals surface area contributed by atoms with Gasteiger partial charge in [0.15, 0.2) is 0 Å². The van der Waals surface area contributed by atoms with Crippen LogP contribution in [-0.2, 0) is 6.42 Å². The van der Waals surface area contributed by atoms with E-state index >= 15 is 0 Å². The lowest BCUT2D eigenvalue weighted by Crippen LogP contribution is -2.12. The quantitative estimate of drug-likeness (QED) is 0.369. The van der Waals surface area contributed by atoms with Gasteiger partial charge in [-0.3, -0.25) is 4.79 Å². The predicted molar refractivity (Wildman–Crippen MR) is 131 cm³/mol. The zero-order valence-electron chi connectivity index (χ0n) is 19.2. The fourth-order valence-corrected chi connectivity index (χ4v) is 3.71. The van der Waals surface area contributed by atoms with Crippen LogP contribution in [0.25, 0.3) is 16.7 Å². The van der Waals surface area contributed by atoms with Gasteiger partial charge in [-0.15, -0.1) is 10.2 Å². The zero-order chi connectivity index (χ0) is 22.7. The molecule has 0 aliphatic carbocycles. The summed E-state index contributed by atoms with van der Waals surface area (Å²) in [5.41, 5.74) is 7.36. The fraction of sp³-hybridized carbons (Fsp3) is 0.296. The van der Waals surface area contributed by atoms with Crippen molar-refractivity contribution in [2.45, 2.75) is 52.9 Å². The maximum atomic E-state index is 12.8. The topological polar surface area (TPSA) is 59.8 Å². The molecular weight excluding hydrogens is 396 g/mol. The highest BCUT2D eigenvalue weighted by Gasteiger charge is 2.12. The first-order valence-electron chi connectivity index (χ1n) is 11.3. The standard InChI is InChI=1S/C27H30N4O/c1-5-6-7-20-8-14-23(15-9-20)31-29-25-16-19(4)24(17-26(25)30-31)28-27(32)22-12-10-21(11-13-22)18(2)3/h8-18H,5-7H2,1-4H3,(H,28,32). The maximum absolute atomic E-state index is 12.8. The van der Waals surface area contributed by atoms with E-state index in [-0.39, 0.29) is 5.91 Å². The molecule has 0 bridgehead atoms. The number of fused-ring (bicyclic) bond motifs is 1. The van der Waals surface area contributed by atoms with Gasteiger partial charge in [-0.2, -0.15) is 4.80 Å². The minimum Gasteiger partial charge on any atom is -0.322 e. The largest absolute Gasteiger partial charge is 0.322 e. The van der Waals surface area contributed by atoms with E-state index in [1.54, 1.807) is 4.80 Å². The van der Waals surface area contributed by atoms with E-state index in [1.165, 1.54) is 24.0 Å². The second-order valence-corrected chi connectivity index (χ2v) is 8.65. The molecule has 4 rings (SSSR count). The molecule has 0 atom stereocenters. The SMILES string of the molecule is CCCCc1ccc(-n2nc3cc(C)c(NC(=O)c4ccc(C(C)C)cc4)cc3n2)cc1. The molecule has 0 aliphatic heterocycles. The van der Waals surface area contributed by atoms with Crippen LogP contribution in [0, 0.1) is 6.92 Å². The smallest absolute Gasteiger partial charge is 0.255 e. The number of nitrogens with zero attached hydrogens (tertiary/aromatic N) is 3. The van der Waals surface area contributed by atoms with Crippen molar-refractivity contribution in [3.8, 4) is 5.69 Å². The van der Waals surface area contributed by atoms with Crippen molar-refractivity contribution >= 4 is 22.6 Å². The van der Waals surface area contributed by atoms with Crippen molar-refractivity contribution < 1.29 is 4.79 Å². The van der Waals surface area contributed by atoms with Gasteiger partial charge in [0.1, 0.15) is 11.0 Å². The summed E-state index contributed by atoms with van der Waals surface area (Å²) >= 11 is 0. The Morgan fingerprint density at radius 2 is 1.62 bits per heavy atom. The molecule has 0 fully saturated rings. The van der Waals surface area contributed by atoms with Crippen molar-refractivity contribution in [3.05, 3.63) is 82.9 Å². The molecule has 4 aromatic rings. The van der Waals surface area contributed by atoms with E-state index in [4.69, 9.17) is 0 Å². The van der Waals surface area contributed by atoms with Crippen molar-refractivity contribution in [2.24, 2.45) is 0 Å². The van der Waals surface area contributed by atoms with Crippen molar-refractivity contribution in [1.29, 1.82) is 0 Å². The molecule has 0 aliphatic rings. The number of hydrogen-bond donors (Lipinski definition) is 1. The van der Waals surface area contributed by atoms with Gasteiger partial charge >= 0.3 is 0 Å². The molecular formula is C27H30N4O. The summed E-state index contributed by atoms with van der Waals surface area (Å²) in [5.74, 6) is 0.310. The van der Waals surface area contributed by atoms with Crippen LogP contribution < -0.4 is 5.32 Å². The highest BCUT2D eigenvalue weighted by molar-refractivity contribution is 6.05. The average molecular weight is 427 g/mol. The monoisotopic (exact) mass is 426 g/mol. The van der Waals surface area contributed by atoms with E-state index < -0.39 is 0 Å². The summed E-state index contributed by atoms with van der Waals surface area (Å²) in [6, 6.07) is 20.0. The fourth-order valence-electron chi connectivity index (χ4n) is 3.71. The van der Waals surface area contributed by atoms with Gasteiger partial charge in [0.25, 0.3) is 5.91 Å². The van der Waals surface area contributed by atoms with Crippen LogP contribution in [0.2, 0.25) is 0 Å². The van der Waals surface area contributed by atoms with Gasteiger partial charge in [-0.25, -0.2) is 0 Å². The number of carbonyl (C=O) groups excluding carboxylic acids is 1. The lowest BCUT2D eigenvalue weighted by Gasteiger charge is -2.10. The van der Waals surface area contributed by atoms with Crippen molar-refractivity contribution in [3.63, 3.8) is 0 Å². The Hall–Kier alpha value is -3.47. The zero-order valence-corrected chi connectivity index (χ0v) is 19.2. The summed E-state index contributed by atoms with van der Waals surface area (Å²) in [7, 11) is 0. The van der Waals surface area contributed by atoms with Gasteiger partial charge in [0.05, 0.1) is 5.69 Å². The number of unbranched alkanes of at least 4 members (excludes halogenated alkanes) is 1. The Balaban J connectivity index is 1.55. The first kappa shape index (κ1) is 21.8. The molecule has 3 aromatic carbocycles. The molecule has 5 nitrogen and oxygen atoms in total. The normalized spacial score (nSPS) is 11.3. The highest BCUT2D eigenvalue weighted by Crippen LogP contribution is 2.23. The van der Waals surface area contributed by atoms with E-state index in [1.807, 2.05) is 43.3 Å². The number of nitrogens with one attached hydrogen (secondary N) is 1. The third-order valence-electron chi connectivity index (χ3n) is 5.80. The predicted octanol–water partition coefficient (Wildman–Crippen LogP) is 6.45. The Morgan fingerprint density at radius 3 is 2.25 bits per heavy atom. The van der Waals surface area contributed by atoms with Crippen LogP contribution in [0.1, 0.15) is 66.6 Å². The van der Waals surface area contributed by atoms with Crippen LogP contribution in [0.5, 0.6) is 0 Å². The first-order chi connectivity index (χ1) is 15.4. The van der Waals surface area contributed by atoms with E-state index in [0.29, 0.717) is 11.5 Å². The van der Waals surface area contributed by atoms with E-state index in [0.717, 1.165) is 34.4 Å². The molecule has 0 unspecified atom stereocenters. The summed E-state index contributed by atoms with van der Waals surface area (Å²) in [4.78, 5) is 14.4. The molecule has 164 valence electrons. The van der Waals surface area contributed by atoms with Crippen LogP contribution >= 0.6 is 0 Å².